The molecular weight excluding hydrogens is 339 g/mol. The molecule has 1 aromatic heterocycles. The van der Waals surface area contributed by atoms with E-state index >= 15 is 0 Å². The predicted molar refractivity (Wildman–Crippen MR) is 92.4 cm³/mol. The minimum atomic E-state index is -0.545. The number of nitrogens with zero attached hydrogens (tertiary/aromatic N) is 3. The smallest absolute Gasteiger partial charge is 0.300 e. The summed E-state index contributed by atoms with van der Waals surface area (Å²) in [5, 5.41) is 7.17. The average molecular weight is 358 g/mol. The summed E-state index contributed by atoms with van der Waals surface area (Å²) in [6.07, 6.45) is 2.47. The zero-order chi connectivity index (χ0) is 18.4. The van der Waals surface area contributed by atoms with Crippen LogP contribution in [0.5, 0.6) is 0 Å². The van der Waals surface area contributed by atoms with Crippen LogP contribution in [0, 0.1) is 5.82 Å². The third kappa shape index (κ3) is 2.75. The summed E-state index contributed by atoms with van der Waals surface area (Å²) in [4.78, 5) is 36.3. The van der Waals surface area contributed by atoms with E-state index in [1.807, 2.05) is 0 Å². The molecule has 1 aliphatic heterocycles. The Labute approximate surface area is 149 Å². The fraction of sp³-hybridized carbons (Fsp3) is 0.444. The van der Waals surface area contributed by atoms with E-state index in [2.05, 4.69) is 10.4 Å². The second-order valence-electron chi connectivity index (χ2n) is 6.91. The molecule has 1 aromatic carbocycles. The van der Waals surface area contributed by atoms with Crippen LogP contribution in [0.1, 0.15) is 43.6 Å². The maximum Gasteiger partial charge on any atom is 0.329 e. The lowest BCUT2D eigenvalue weighted by atomic mass is 9.83. The second kappa shape index (κ2) is 6.19. The molecular formula is C18H19FN4O3. The number of carbonyl (C=O) groups excluding carboxylic acids is 3. The third-order valence-electron chi connectivity index (χ3n) is 5.24. The highest BCUT2D eigenvalue weighted by Crippen LogP contribution is 2.36. The number of rotatable bonds is 2. The lowest BCUT2D eigenvalue weighted by Gasteiger charge is -2.25. The summed E-state index contributed by atoms with van der Waals surface area (Å²) in [5.74, 6) is -0.0780. The Hall–Kier alpha value is -2.77. The molecule has 3 amide bonds. The molecule has 0 radical (unpaired) electrons. The van der Waals surface area contributed by atoms with Crippen LogP contribution in [-0.4, -0.2) is 34.0 Å². The first-order chi connectivity index (χ1) is 12.4. The lowest BCUT2D eigenvalue weighted by Crippen LogP contribution is -2.49. The number of benzene rings is 1. The molecule has 2 aromatic rings. The molecule has 2 aliphatic rings. The molecule has 8 heteroatoms. The van der Waals surface area contributed by atoms with Crippen molar-refractivity contribution in [3.8, 4) is 0 Å². The van der Waals surface area contributed by atoms with E-state index in [1.54, 1.807) is 17.8 Å². The Morgan fingerprint density at radius 3 is 2.58 bits per heavy atom. The SMILES string of the molecule is Cn1nc(N2CCC(=O)NC2=O)c2cc(F)c(C3CCC(=O)CC3)cc21. The van der Waals surface area contributed by atoms with E-state index in [-0.39, 0.29) is 36.4 Å². The van der Waals surface area contributed by atoms with Gasteiger partial charge in [-0.25, -0.2) is 9.18 Å². The first kappa shape index (κ1) is 16.7. The highest BCUT2D eigenvalue weighted by molar-refractivity contribution is 6.08. The van der Waals surface area contributed by atoms with Crippen molar-refractivity contribution < 1.29 is 18.8 Å². The van der Waals surface area contributed by atoms with Gasteiger partial charge < -0.3 is 0 Å². The summed E-state index contributed by atoms with van der Waals surface area (Å²) >= 11 is 0. The van der Waals surface area contributed by atoms with Crippen LogP contribution >= 0.6 is 0 Å². The number of hydrogen-bond acceptors (Lipinski definition) is 4. The summed E-state index contributed by atoms with van der Waals surface area (Å²) in [7, 11) is 1.74. The molecule has 4 rings (SSSR count). The van der Waals surface area contributed by atoms with Gasteiger partial charge in [0.15, 0.2) is 5.82 Å². The molecule has 1 N–H and O–H groups in total. The molecule has 1 aliphatic carbocycles. The van der Waals surface area contributed by atoms with Crippen molar-refractivity contribution in [2.75, 3.05) is 11.4 Å². The summed E-state index contributed by atoms with van der Waals surface area (Å²) in [5.41, 5.74) is 1.32. The van der Waals surface area contributed by atoms with E-state index in [4.69, 9.17) is 0 Å². The molecule has 0 bridgehead atoms. The fourth-order valence-electron chi connectivity index (χ4n) is 3.80. The normalized spacial score (nSPS) is 19.3. The highest BCUT2D eigenvalue weighted by atomic mass is 19.1. The highest BCUT2D eigenvalue weighted by Gasteiger charge is 2.29. The molecule has 0 unspecified atom stereocenters. The molecule has 1 saturated carbocycles. The molecule has 0 atom stereocenters. The number of anilines is 1. The van der Waals surface area contributed by atoms with E-state index in [1.165, 1.54) is 11.0 Å². The van der Waals surface area contributed by atoms with Gasteiger partial charge in [-0.05, 0) is 36.5 Å². The lowest BCUT2D eigenvalue weighted by molar-refractivity contribution is -0.121. The van der Waals surface area contributed by atoms with Gasteiger partial charge in [0.2, 0.25) is 5.91 Å². The van der Waals surface area contributed by atoms with Gasteiger partial charge in [0, 0.05) is 38.2 Å². The first-order valence-electron chi connectivity index (χ1n) is 8.73. The van der Waals surface area contributed by atoms with Crippen LogP contribution in [0.25, 0.3) is 10.9 Å². The van der Waals surface area contributed by atoms with Crippen molar-refractivity contribution in [1.82, 2.24) is 15.1 Å². The average Bonchev–Trinajstić information content (AvgIpc) is 2.91. The van der Waals surface area contributed by atoms with Gasteiger partial charge in [-0.1, -0.05) is 0 Å². The van der Waals surface area contributed by atoms with Crippen molar-refractivity contribution in [3.63, 3.8) is 0 Å². The monoisotopic (exact) mass is 358 g/mol. The Bertz CT molecular complexity index is 926. The van der Waals surface area contributed by atoms with E-state index in [0.29, 0.717) is 42.5 Å². The number of Topliss-reactive ketones (excluding diaryl/α,β-unsaturated/α-hetero) is 1. The third-order valence-corrected chi connectivity index (χ3v) is 5.24. The number of halogens is 1. The van der Waals surface area contributed by atoms with Gasteiger partial charge in [-0.2, -0.15) is 5.10 Å². The summed E-state index contributed by atoms with van der Waals surface area (Å²) in [6.45, 7) is 0.213. The van der Waals surface area contributed by atoms with Gasteiger partial charge in [-0.3, -0.25) is 24.5 Å². The molecule has 136 valence electrons. The van der Waals surface area contributed by atoms with E-state index in [0.717, 1.165) is 5.52 Å². The number of urea groups is 1. The van der Waals surface area contributed by atoms with Gasteiger partial charge in [0.1, 0.15) is 11.6 Å². The maximum absolute atomic E-state index is 14.8. The molecule has 2 heterocycles. The van der Waals surface area contributed by atoms with Gasteiger partial charge in [0.25, 0.3) is 0 Å². The molecule has 7 nitrogen and oxygen atoms in total. The van der Waals surface area contributed by atoms with Gasteiger partial charge >= 0.3 is 6.03 Å². The summed E-state index contributed by atoms with van der Waals surface area (Å²) in [6, 6.07) is 2.64. The van der Waals surface area contributed by atoms with Crippen LogP contribution in [0.2, 0.25) is 0 Å². The molecule has 2 fully saturated rings. The van der Waals surface area contributed by atoms with Crippen molar-refractivity contribution in [3.05, 3.63) is 23.5 Å². The Kier molecular flexibility index (Phi) is 3.97. The number of ketones is 1. The zero-order valence-corrected chi connectivity index (χ0v) is 14.4. The van der Waals surface area contributed by atoms with Gasteiger partial charge in [-0.15, -0.1) is 0 Å². The number of carbonyl (C=O) groups is 3. The number of aromatic nitrogens is 2. The first-order valence-corrected chi connectivity index (χ1v) is 8.73. The quantitative estimate of drug-likeness (QED) is 0.893. The molecule has 26 heavy (non-hydrogen) atoms. The van der Waals surface area contributed by atoms with Crippen LogP contribution in [0.15, 0.2) is 12.1 Å². The van der Waals surface area contributed by atoms with Crippen LogP contribution in [0.3, 0.4) is 0 Å². The Morgan fingerprint density at radius 2 is 1.88 bits per heavy atom. The topological polar surface area (TPSA) is 84.3 Å². The zero-order valence-electron chi connectivity index (χ0n) is 14.4. The second-order valence-corrected chi connectivity index (χ2v) is 6.91. The Morgan fingerprint density at radius 1 is 1.15 bits per heavy atom. The van der Waals surface area contributed by atoms with Crippen LogP contribution < -0.4 is 10.2 Å². The number of amides is 3. The van der Waals surface area contributed by atoms with Crippen LogP contribution in [0.4, 0.5) is 15.0 Å². The largest absolute Gasteiger partial charge is 0.329 e. The van der Waals surface area contributed by atoms with Crippen LogP contribution in [-0.2, 0) is 16.6 Å². The number of fused-ring (bicyclic) bond motifs is 1. The van der Waals surface area contributed by atoms with Crippen molar-refractivity contribution in [1.29, 1.82) is 0 Å². The number of aryl methyl sites for hydroxylation is 1. The fourth-order valence-corrected chi connectivity index (χ4v) is 3.80. The minimum Gasteiger partial charge on any atom is -0.300 e. The van der Waals surface area contributed by atoms with Crippen molar-refractivity contribution >= 4 is 34.4 Å². The van der Waals surface area contributed by atoms with Gasteiger partial charge in [0.05, 0.1) is 5.52 Å². The predicted octanol–water partition coefficient (Wildman–Crippen LogP) is 2.39. The minimum absolute atomic E-state index is 0.0198. The Balaban J connectivity index is 1.74. The number of imide groups is 1. The summed E-state index contributed by atoms with van der Waals surface area (Å²) < 4.78 is 16.4. The van der Waals surface area contributed by atoms with Crippen molar-refractivity contribution in [2.45, 2.75) is 38.0 Å². The molecule has 0 spiro atoms. The molecule has 1 saturated heterocycles. The maximum atomic E-state index is 14.8. The number of nitrogens with one attached hydrogen (secondary N) is 1. The standard InChI is InChI=1S/C18H19FN4O3/c1-22-15-9-12(10-2-4-11(24)5-3-10)14(19)8-13(15)17(21-22)23-7-6-16(25)20-18(23)26/h8-10H,2-7H2,1H3,(H,20,25,26). The van der Waals surface area contributed by atoms with E-state index < -0.39 is 6.03 Å². The van der Waals surface area contributed by atoms with E-state index in [9.17, 15) is 18.8 Å². The number of hydrogen-bond donors (Lipinski definition) is 1. The van der Waals surface area contributed by atoms with Crippen molar-refractivity contribution in [2.24, 2.45) is 7.05 Å².